The zero-order valence-corrected chi connectivity index (χ0v) is 11.2. The summed E-state index contributed by atoms with van der Waals surface area (Å²) in [5.74, 6) is -1.08. The van der Waals surface area contributed by atoms with Crippen molar-refractivity contribution in [1.82, 2.24) is 20.6 Å². The number of nitrogens with zero attached hydrogens (tertiary/aromatic N) is 2. The highest BCUT2D eigenvalue weighted by Crippen LogP contribution is 2.09. The van der Waals surface area contributed by atoms with Gasteiger partial charge in [0.25, 0.3) is 0 Å². The van der Waals surface area contributed by atoms with Crippen LogP contribution in [-0.4, -0.2) is 27.1 Å². The van der Waals surface area contributed by atoms with Crippen molar-refractivity contribution in [2.75, 3.05) is 0 Å². The fourth-order valence-corrected chi connectivity index (χ4v) is 2.09. The van der Waals surface area contributed by atoms with Crippen molar-refractivity contribution < 1.29 is 14.7 Å². The molecular weight excluding hydrogens is 280 g/mol. The van der Waals surface area contributed by atoms with Gasteiger partial charge in [-0.25, -0.2) is 14.6 Å². The van der Waals surface area contributed by atoms with E-state index in [1.54, 1.807) is 18.3 Å². The van der Waals surface area contributed by atoms with Gasteiger partial charge in [0, 0.05) is 11.6 Å². The largest absolute Gasteiger partial charge is 0.476 e. The Bertz CT molecular complexity index is 600. The normalized spacial score (nSPS) is 10.0. The Morgan fingerprint density at radius 3 is 2.70 bits per heavy atom. The molecule has 7 nitrogen and oxygen atoms in total. The molecule has 0 unspecified atom stereocenters. The molecule has 0 spiro atoms. The maximum Gasteiger partial charge on any atom is 0.355 e. The average Bonchev–Trinajstić information content (AvgIpc) is 2.93. The first-order valence-electron chi connectivity index (χ1n) is 5.74. The summed E-state index contributed by atoms with van der Waals surface area (Å²) < 4.78 is 0. The number of aromatic nitrogens is 2. The SMILES string of the molecule is O=C(NCc1ccccn1)NCc1nc(C(=O)O)cs1. The topological polar surface area (TPSA) is 104 Å². The van der Waals surface area contributed by atoms with Gasteiger partial charge in [0.2, 0.25) is 0 Å². The molecule has 0 fully saturated rings. The molecule has 104 valence electrons. The molecular formula is C12H12N4O3S. The van der Waals surface area contributed by atoms with Crippen molar-refractivity contribution in [3.8, 4) is 0 Å². The molecule has 0 saturated heterocycles. The molecule has 0 aliphatic rings. The fourth-order valence-electron chi connectivity index (χ4n) is 1.38. The van der Waals surface area contributed by atoms with Crippen LogP contribution in [-0.2, 0) is 13.1 Å². The number of hydrogen-bond acceptors (Lipinski definition) is 5. The van der Waals surface area contributed by atoms with E-state index in [2.05, 4.69) is 20.6 Å². The molecule has 2 amide bonds. The molecule has 20 heavy (non-hydrogen) atoms. The lowest BCUT2D eigenvalue weighted by atomic mass is 10.3. The van der Waals surface area contributed by atoms with Gasteiger partial charge in [-0.2, -0.15) is 0 Å². The van der Waals surface area contributed by atoms with Crippen molar-refractivity contribution in [2.24, 2.45) is 0 Å². The van der Waals surface area contributed by atoms with Gasteiger partial charge < -0.3 is 15.7 Å². The van der Waals surface area contributed by atoms with Gasteiger partial charge in [0.15, 0.2) is 5.69 Å². The summed E-state index contributed by atoms with van der Waals surface area (Å²) in [6.07, 6.45) is 1.65. The van der Waals surface area contributed by atoms with Gasteiger partial charge in [-0.05, 0) is 12.1 Å². The third-order valence-electron chi connectivity index (χ3n) is 2.33. The summed E-state index contributed by atoms with van der Waals surface area (Å²) in [5, 5.41) is 15.9. The molecule has 2 aromatic heterocycles. The Morgan fingerprint density at radius 1 is 1.25 bits per heavy atom. The van der Waals surface area contributed by atoms with Gasteiger partial charge in [-0.3, -0.25) is 4.98 Å². The van der Waals surface area contributed by atoms with Gasteiger partial charge in [0.1, 0.15) is 5.01 Å². The molecule has 3 N–H and O–H groups in total. The molecule has 0 saturated carbocycles. The summed E-state index contributed by atoms with van der Waals surface area (Å²) in [6.45, 7) is 0.511. The number of nitrogens with one attached hydrogen (secondary N) is 2. The van der Waals surface area contributed by atoms with E-state index in [1.165, 1.54) is 16.7 Å². The number of carbonyl (C=O) groups excluding carboxylic acids is 1. The Labute approximate surface area is 118 Å². The number of amides is 2. The Morgan fingerprint density at radius 2 is 2.05 bits per heavy atom. The van der Waals surface area contributed by atoms with Crippen molar-refractivity contribution in [3.63, 3.8) is 0 Å². The number of carboxylic acid groups (broad SMARTS) is 1. The molecule has 0 atom stereocenters. The smallest absolute Gasteiger partial charge is 0.355 e. The summed E-state index contributed by atoms with van der Waals surface area (Å²) in [4.78, 5) is 30.1. The number of rotatable bonds is 5. The summed E-state index contributed by atoms with van der Waals surface area (Å²) in [5.41, 5.74) is 0.741. The minimum atomic E-state index is -1.08. The van der Waals surface area contributed by atoms with Gasteiger partial charge in [0.05, 0.1) is 18.8 Å². The molecule has 2 heterocycles. The molecule has 0 aliphatic heterocycles. The summed E-state index contributed by atoms with van der Waals surface area (Å²) >= 11 is 1.19. The van der Waals surface area contributed by atoms with E-state index in [-0.39, 0.29) is 18.3 Å². The molecule has 8 heteroatoms. The second-order valence-electron chi connectivity index (χ2n) is 3.79. The van der Waals surface area contributed by atoms with Gasteiger partial charge in [-0.15, -0.1) is 11.3 Å². The highest BCUT2D eigenvalue weighted by Gasteiger charge is 2.09. The monoisotopic (exact) mass is 292 g/mol. The summed E-state index contributed by atoms with van der Waals surface area (Å²) in [7, 11) is 0. The number of carbonyl (C=O) groups is 2. The predicted octanol–water partition coefficient (Wildman–Crippen LogP) is 1.24. The van der Waals surface area contributed by atoms with Crippen LogP contribution in [0.4, 0.5) is 4.79 Å². The maximum atomic E-state index is 11.5. The third-order valence-corrected chi connectivity index (χ3v) is 3.18. The van der Waals surface area contributed by atoms with E-state index in [4.69, 9.17) is 5.11 Å². The van der Waals surface area contributed by atoms with Crippen LogP contribution < -0.4 is 10.6 Å². The quantitative estimate of drug-likeness (QED) is 0.769. The van der Waals surface area contributed by atoms with Crippen LogP contribution >= 0.6 is 11.3 Å². The standard InChI is InChI=1S/C12H12N4O3S/c17-11(18)9-7-20-10(16-9)6-15-12(19)14-5-8-3-1-2-4-13-8/h1-4,7H,5-6H2,(H,17,18)(H2,14,15,19). The van der Waals surface area contributed by atoms with E-state index < -0.39 is 5.97 Å². The lowest BCUT2D eigenvalue weighted by Gasteiger charge is -2.05. The van der Waals surface area contributed by atoms with E-state index >= 15 is 0 Å². The Kier molecular flexibility index (Phi) is 4.61. The van der Waals surface area contributed by atoms with Crippen molar-refractivity contribution in [3.05, 3.63) is 46.2 Å². The molecule has 2 aromatic rings. The highest BCUT2D eigenvalue weighted by atomic mass is 32.1. The molecule has 0 radical (unpaired) electrons. The number of pyridine rings is 1. The van der Waals surface area contributed by atoms with Crippen molar-refractivity contribution in [1.29, 1.82) is 0 Å². The summed E-state index contributed by atoms with van der Waals surface area (Å²) in [6, 6.07) is 5.08. The Balaban J connectivity index is 1.76. The van der Waals surface area contributed by atoms with Crippen LogP contribution in [0.15, 0.2) is 29.8 Å². The van der Waals surface area contributed by atoms with Crippen LogP contribution in [0.2, 0.25) is 0 Å². The minimum absolute atomic E-state index is 0.0132. The van der Waals surface area contributed by atoms with Crippen LogP contribution in [0.5, 0.6) is 0 Å². The highest BCUT2D eigenvalue weighted by molar-refractivity contribution is 7.09. The van der Waals surface area contributed by atoms with Gasteiger partial charge in [-0.1, -0.05) is 6.07 Å². The predicted molar refractivity (Wildman–Crippen MR) is 72.4 cm³/mol. The van der Waals surface area contributed by atoms with Gasteiger partial charge >= 0.3 is 12.0 Å². The van der Waals surface area contributed by atoms with Crippen molar-refractivity contribution in [2.45, 2.75) is 13.1 Å². The van der Waals surface area contributed by atoms with E-state index in [1.807, 2.05) is 6.07 Å². The number of urea groups is 1. The number of hydrogen-bond donors (Lipinski definition) is 3. The maximum absolute atomic E-state index is 11.5. The first-order chi connectivity index (χ1) is 9.65. The zero-order chi connectivity index (χ0) is 14.4. The lowest BCUT2D eigenvalue weighted by molar-refractivity contribution is 0.0691. The van der Waals surface area contributed by atoms with E-state index in [0.29, 0.717) is 11.6 Å². The number of thiazole rings is 1. The van der Waals surface area contributed by atoms with Crippen LogP contribution in [0.1, 0.15) is 21.2 Å². The number of carboxylic acids is 1. The van der Waals surface area contributed by atoms with Crippen LogP contribution in [0, 0.1) is 0 Å². The first kappa shape index (κ1) is 13.9. The molecule has 0 bridgehead atoms. The van der Waals surface area contributed by atoms with E-state index in [0.717, 1.165) is 5.69 Å². The van der Waals surface area contributed by atoms with Crippen LogP contribution in [0.3, 0.4) is 0 Å². The van der Waals surface area contributed by atoms with E-state index in [9.17, 15) is 9.59 Å². The van der Waals surface area contributed by atoms with Crippen LogP contribution in [0.25, 0.3) is 0 Å². The molecule has 0 aromatic carbocycles. The zero-order valence-electron chi connectivity index (χ0n) is 10.4. The Hall–Kier alpha value is -2.48. The second-order valence-corrected chi connectivity index (χ2v) is 4.73. The molecule has 2 rings (SSSR count). The minimum Gasteiger partial charge on any atom is -0.476 e. The first-order valence-corrected chi connectivity index (χ1v) is 6.62. The average molecular weight is 292 g/mol. The second kappa shape index (κ2) is 6.62. The fraction of sp³-hybridized carbons (Fsp3) is 0.167. The lowest BCUT2D eigenvalue weighted by Crippen LogP contribution is -2.34. The third kappa shape index (κ3) is 4.02. The molecule has 0 aliphatic carbocycles. The van der Waals surface area contributed by atoms with Crippen molar-refractivity contribution >= 4 is 23.3 Å². The number of aromatic carboxylic acids is 1.